The van der Waals surface area contributed by atoms with Gasteiger partial charge in [-0.1, -0.05) is 23.7 Å². The summed E-state index contributed by atoms with van der Waals surface area (Å²) in [6.45, 7) is 2.93. The first-order valence-electron chi connectivity index (χ1n) is 8.44. The number of anilines is 1. The predicted octanol–water partition coefficient (Wildman–Crippen LogP) is 2.94. The van der Waals surface area contributed by atoms with Crippen LogP contribution in [0.4, 0.5) is 11.4 Å². The van der Waals surface area contributed by atoms with Gasteiger partial charge in [0.2, 0.25) is 10.0 Å². The van der Waals surface area contributed by atoms with Crippen LogP contribution in [0.5, 0.6) is 0 Å². The molecule has 0 aromatic heterocycles. The SMILES string of the molecule is Cc1cc([N+](=O)[O-])cc(Cl)c1N1CCN(S(=O)(=O)c2ccccc2C#N)CC1. The minimum atomic E-state index is -3.79. The normalized spacial score (nSPS) is 15.2. The minimum absolute atomic E-state index is 0.00417. The molecular weight excluding hydrogens is 404 g/mol. The fourth-order valence-electron chi connectivity index (χ4n) is 3.30. The number of rotatable bonds is 4. The Balaban J connectivity index is 1.82. The number of sulfonamides is 1. The largest absolute Gasteiger partial charge is 0.367 e. The van der Waals surface area contributed by atoms with Crippen LogP contribution in [0.2, 0.25) is 5.02 Å². The molecule has 2 aromatic rings. The van der Waals surface area contributed by atoms with E-state index in [1.807, 2.05) is 11.0 Å². The Kier molecular flexibility index (Phi) is 5.56. The molecule has 0 amide bonds. The van der Waals surface area contributed by atoms with Gasteiger partial charge in [-0.2, -0.15) is 9.57 Å². The summed E-state index contributed by atoms with van der Waals surface area (Å²) >= 11 is 6.26. The Morgan fingerprint density at radius 2 is 1.82 bits per heavy atom. The molecule has 0 N–H and O–H groups in total. The lowest BCUT2D eigenvalue weighted by molar-refractivity contribution is -0.384. The highest BCUT2D eigenvalue weighted by Crippen LogP contribution is 2.34. The van der Waals surface area contributed by atoms with Crippen molar-refractivity contribution in [3.8, 4) is 6.07 Å². The van der Waals surface area contributed by atoms with Crippen LogP contribution in [0.25, 0.3) is 0 Å². The van der Waals surface area contributed by atoms with E-state index in [-0.39, 0.29) is 34.3 Å². The van der Waals surface area contributed by atoms with Crippen molar-refractivity contribution in [1.29, 1.82) is 5.26 Å². The van der Waals surface area contributed by atoms with Gasteiger partial charge in [-0.3, -0.25) is 10.1 Å². The number of aryl methyl sites for hydroxylation is 1. The number of benzene rings is 2. The molecule has 8 nitrogen and oxygen atoms in total. The summed E-state index contributed by atoms with van der Waals surface area (Å²) in [5.74, 6) is 0. The van der Waals surface area contributed by atoms with Gasteiger partial charge >= 0.3 is 0 Å². The number of non-ortho nitro benzene ring substituents is 1. The number of nitrogens with zero attached hydrogens (tertiary/aromatic N) is 4. The fourth-order valence-corrected chi connectivity index (χ4v) is 5.24. The second kappa shape index (κ2) is 7.75. The summed E-state index contributed by atoms with van der Waals surface area (Å²) in [6.07, 6.45) is 0. The van der Waals surface area contributed by atoms with Crippen molar-refractivity contribution < 1.29 is 13.3 Å². The monoisotopic (exact) mass is 420 g/mol. The molecule has 146 valence electrons. The molecule has 1 fully saturated rings. The molecule has 1 aliphatic heterocycles. The van der Waals surface area contributed by atoms with Crippen LogP contribution in [-0.4, -0.2) is 43.8 Å². The molecule has 10 heteroatoms. The number of nitro groups is 1. The molecule has 28 heavy (non-hydrogen) atoms. The van der Waals surface area contributed by atoms with Crippen molar-refractivity contribution in [2.45, 2.75) is 11.8 Å². The van der Waals surface area contributed by atoms with Crippen LogP contribution in [0.1, 0.15) is 11.1 Å². The van der Waals surface area contributed by atoms with Crippen molar-refractivity contribution in [2.24, 2.45) is 0 Å². The van der Waals surface area contributed by atoms with Gasteiger partial charge in [0.25, 0.3) is 5.69 Å². The lowest BCUT2D eigenvalue weighted by atomic mass is 10.1. The second-order valence-electron chi connectivity index (χ2n) is 6.35. The molecule has 2 aromatic carbocycles. The topological polar surface area (TPSA) is 108 Å². The minimum Gasteiger partial charge on any atom is -0.367 e. The molecule has 0 aliphatic carbocycles. The molecule has 1 heterocycles. The Bertz CT molecular complexity index is 1050. The van der Waals surface area contributed by atoms with Crippen LogP contribution in [-0.2, 0) is 10.0 Å². The van der Waals surface area contributed by atoms with Gasteiger partial charge in [0.05, 0.1) is 26.1 Å². The maximum Gasteiger partial charge on any atom is 0.271 e. The van der Waals surface area contributed by atoms with Crippen LogP contribution < -0.4 is 4.90 Å². The third kappa shape index (κ3) is 3.67. The van der Waals surface area contributed by atoms with Gasteiger partial charge in [-0.05, 0) is 24.6 Å². The Morgan fingerprint density at radius 1 is 1.18 bits per heavy atom. The third-order valence-corrected chi connectivity index (χ3v) is 6.87. The summed E-state index contributed by atoms with van der Waals surface area (Å²) in [5, 5.41) is 20.4. The predicted molar refractivity (Wildman–Crippen MR) is 105 cm³/mol. The summed E-state index contributed by atoms with van der Waals surface area (Å²) in [6, 6.07) is 10.8. The van der Waals surface area contributed by atoms with Gasteiger partial charge in [-0.15, -0.1) is 0 Å². The summed E-state index contributed by atoms with van der Waals surface area (Å²) in [4.78, 5) is 12.4. The molecular formula is C18H17ClN4O4S. The molecule has 0 bridgehead atoms. The first-order valence-corrected chi connectivity index (χ1v) is 10.3. The summed E-state index contributed by atoms with van der Waals surface area (Å²) in [5.41, 5.74) is 1.35. The van der Waals surface area contributed by atoms with Gasteiger partial charge in [0, 0.05) is 38.3 Å². The van der Waals surface area contributed by atoms with Gasteiger partial charge in [0.1, 0.15) is 6.07 Å². The van der Waals surface area contributed by atoms with Gasteiger partial charge < -0.3 is 4.90 Å². The lowest BCUT2D eigenvalue weighted by Gasteiger charge is -2.36. The van der Waals surface area contributed by atoms with Crippen molar-refractivity contribution in [3.05, 3.63) is 62.7 Å². The molecule has 0 atom stereocenters. The highest BCUT2D eigenvalue weighted by atomic mass is 35.5. The summed E-state index contributed by atoms with van der Waals surface area (Å²) in [7, 11) is -3.79. The molecule has 0 unspecified atom stereocenters. The quantitative estimate of drug-likeness (QED) is 0.555. The molecule has 0 spiro atoms. The van der Waals surface area contributed by atoms with Crippen LogP contribution >= 0.6 is 11.6 Å². The Morgan fingerprint density at radius 3 is 2.39 bits per heavy atom. The standard InChI is InChI=1S/C18H17ClN4O4S/c1-13-10-15(23(24)25)11-16(19)18(13)21-6-8-22(9-7-21)28(26,27)17-5-3-2-4-14(17)12-20/h2-5,10-11H,6-9H2,1H3. The maximum atomic E-state index is 12.9. The first-order chi connectivity index (χ1) is 13.3. The van der Waals surface area contributed by atoms with E-state index < -0.39 is 14.9 Å². The number of piperazine rings is 1. The average Bonchev–Trinajstić information content (AvgIpc) is 2.67. The van der Waals surface area contributed by atoms with E-state index in [0.717, 1.165) is 0 Å². The molecule has 0 radical (unpaired) electrons. The first kappa shape index (κ1) is 20.1. The zero-order valence-corrected chi connectivity index (χ0v) is 16.6. The molecule has 3 rings (SSSR count). The number of hydrogen-bond donors (Lipinski definition) is 0. The van der Waals surface area contributed by atoms with Crippen LogP contribution in [0, 0.1) is 28.4 Å². The lowest BCUT2D eigenvalue weighted by Crippen LogP contribution is -2.49. The van der Waals surface area contributed by atoms with E-state index in [0.29, 0.717) is 24.3 Å². The Labute approximate surface area is 167 Å². The highest BCUT2D eigenvalue weighted by molar-refractivity contribution is 7.89. The maximum absolute atomic E-state index is 12.9. The van der Waals surface area contributed by atoms with E-state index >= 15 is 0 Å². The Hall–Kier alpha value is -2.67. The van der Waals surface area contributed by atoms with Crippen LogP contribution in [0.15, 0.2) is 41.3 Å². The van der Waals surface area contributed by atoms with E-state index in [2.05, 4.69) is 0 Å². The smallest absolute Gasteiger partial charge is 0.271 e. The van der Waals surface area contributed by atoms with Crippen molar-refractivity contribution in [2.75, 3.05) is 31.1 Å². The second-order valence-corrected chi connectivity index (χ2v) is 8.66. The van der Waals surface area contributed by atoms with E-state index in [1.165, 1.54) is 28.6 Å². The van der Waals surface area contributed by atoms with Gasteiger partial charge in [0.15, 0.2) is 0 Å². The molecule has 0 saturated carbocycles. The fraction of sp³-hybridized carbons (Fsp3) is 0.278. The number of halogens is 1. The van der Waals surface area contributed by atoms with E-state index in [4.69, 9.17) is 11.6 Å². The molecule has 1 saturated heterocycles. The van der Waals surface area contributed by atoms with E-state index in [9.17, 15) is 23.8 Å². The van der Waals surface area contributed by atoms with Crippen LogP contribution in [0.3, 0.4) is 0 Å². The summed E-state index contributed by atoms with van der Waals surface area (Å²) < 4.78 is 27.2. The number of hydrogen-bond acceptors (Lipinski definition) is 6. The molecule has 1 aliphatic rings. The van der Waals surface area contributed by atoms with Crippen molar-refractivity contribution in [3.63, 3.8) is 0 Å². The zero-order chi connectivity index (χ0) is 20.5. The highest BCUT2D eigenvalue weighted by Gasteiger charge is 2.31. The average molecular weight is 421 g/mol. The third-order valence-electron chi connectivity index (χ3n) is 4.63. The number of nitriles is 1. The van der Waals surface area contributed by atoms with E-state index in [1.54, 1.807) is 19.1 Å². The van der Waals surface area contributed by atoms with Gasteiger partial charge in [-0.25, -0.2) is 8.42 Å². The zero-order valence-electron chi connectivity index (χ0n) is 15.0. The van der Waals surface area contributed by atoms with Crippen molar-refractivity contribution >= 4 is 33.0 Å². The number of nitro benzene ring substituents is 1. The van der Waals surface area contributed by atoms with Crippen molar-refractivity contribution in [1.82, 2.24) is 4.31 Å².